The van der Waals surface area contributed by atoms with Gasteiger partial charge in [0.1, 0.15) is 5.25 Å². The van der Waals surface area contributed by atoms with Crippen LogP contribution in [0.3, 0.4) is 0 Å². The van der Waals surface area contributed by atoms with E-state index < -0.39 is 37.8 Å². The van der Waals surface area contributed by atoms with Gasteiger partial charge in [0, 0.05) is 6.04 Å². The number of furan rings is 1. The second-order valence-electron chi connectivity index (χ2n) is 5.10. The quantitative estimate of drug-likeness (QED) is 0.844. The molecular formula is C13H17NO6S. The Morgan fingerprint density at radius 2 is 1.95 bits per heavy atom. The molecule has 1 saturated carbocycles. The molecule has 2 rings (SSSR count). The maximum absolute atomic E-state index is 12.2. The third kappa shape index (κ3) is 3.26. The Labute approximate surface area is 122 Å². The molecular weight excluding hydrogens is 298 g/mol. The molecule has 0 bridgehead atoms. The first-order valence-corrected chi connectivity index (χ1v) is 8.24. The number of sulfone groups is 1. The van der Waals surface area contributed by atoms with E-state index in [2.05, 4.69) is 5.32 Å². The van der Waals surface area contributed by atoms with Crippen LogP contribution in [0.25, 0.3) is 0 Å². The fourth-order valence-electron chi connectivity index (χ4n) is 2.29. The Morgan fingerprint density at radius 3 is 2.48 bits per heavy atom. The van der Waals surface area contributed by atoms with Gasteiger partial charge in [0.25, 0.3) is 0 Å². The lowest BCUT2D eigenvalue weighted by Crippen LogP contribution is -2.42. The molecule has 0 saturated heterocycles. The normalized spacial score (nSPS) is 17.6. The standard InChI is InChI=1S/C13H17NO6S/c1-8(12(15)14-9-4-2-3-5-9)21(18,19)11-7-6-10(20-11)13(16)17/h6-9H,2-5H2,1H3,(H,14,15)(H,16,17). The summed E-state index contributed by atoms with van der Waals surface area (Å²) >= 11 is 0. The van der Waals surface area contributed by atoms with Gasteiger partial charge in [-0.3, -0.25) is 4.79 Å². The van der Waals surface area contributed by atoms with Crippen molar-refractivity contribution in [2.24, 2.45) is 0 Å². The number of carbonyl (C=O) groups excluding carboxylic acids is 1. The van der Waals surface area contributed by atoms with E-state index in [1.807, 2.05) is 0 Å². The van der Waals surface area contributed by atoms with Crippen molar-refractivity contribution in [3.63, 3.8) is 0 Å². The lowest BCUT2D eigenvalue weighted by atomic mass is 10.2. The van der Waals surface area contributed by atoms with Crippen molar-refractivity contribution in [1.82, 2.24) is 5.32 Å². The van der Waals surface area contributed by atoms with E-state index in [4.69, 9.17) is 9.52 Å². The van der Waals surface area contributed by atoms with Crippen LogP contribution in [0.1, 0.15) is 43.2 Å². The number of carbonyl (C=O) groups is 2. The molecule has 1 fully saturated rings. The zero-order valence-corrected chi connectivity index (χ0v) is 12.4. The zero-order valence-electron chi connectivity index (χ0n) is 11.5. The van der Waals surface area contributed by atoms with Gasteiger partial charge in [-0.1, -0.05) is 12.8 Å². The van der Waals surface area contributed by atoms with Crippen LogP contribution in [0.2, 0.25) is 0 Å². The molecule has 1 aromatic rings. The molecule has 1 heterocycles. The maximum Gasteiger partial charge on any atom is 0.371 e. The molecule has 1 unspecified atom stereocenters. The Morgan fingerprint density at radius 1 is 1.33 bits per heavy atom. The number of amides is 1. The zero-order chi connectivity index (χ0) is 15.6. The van der Waals surface area contributed by atoms with Gasteiger partial charge in [0.15, 0.2) is 0 Å². The second kappa shape index (κ2) is 5.88. The molecule has 1 aromatic heterocycles. The van der Waals surface area contributed by atoms with Crippen molar-refractivity contribution in [3.8, 4) is 0 Å². The highest BCUT2D eigenvalue weighted by molar-refractivity contribution is 7.92. The third-order valence-corrected chi connectivity index (χ3v) is 5.53. The van der Waals surface area contributed by atoms with Crippen LogP contribution in [0, 0.1) is 0 Å². The van der Waals surface area contributed by atoms with Crippen LogP contribution in [-0.4, -0.2) is 36.7 Å². The lowest BCUT2D eigenvalue weighted by molar-refractivity contribution is -0.121. The van der Waals surface area contributed by atoms with Crippen LogP contribution in [0.15, 0.2) is 21.6 Å². The molecule has 116 valence electrons. The number of aromatic carboxylic acids is 1. The van der Waals surface area contributed by atoms with Crippen molar-refractivity contribution in [2.45, 2.75) is 49.0 Å². The van der Waals surface area contributed by atoms with E-state index in [0.29, 0.717) is 0 Å². The minimum atomic E-state index is -4.03. The summed E-state index contributed by atoms with van der Waals surface area (Å²) in [7, 11) is -4.03. The van der Waals surface area contributed by atoms with E-state index in [1.54, 1.807) is 0 Å². The summed E-state index contributed by atoms with van der Waals surface area (Å²) in [6, 6.07) is 2.12. The van der Waals surface area contributed by atoms with Gasteiger partial charge in [-0.05, 0) is 31.9 Å². The van der Waals surface area contributed by atoms with Gasteiger partial charge in [-0.15, -0.1) is 0 Å². The fraction of sp³-hybridized carbons (Fsp3) is 0.538. The van der Waals surface area contributed by atoms with Crippen LogP contribution in [0.4, 0.5) is 0 Å². The van der Waals surface area contributed by atoms with E-state index in [9.17, 15) is 18.0 Å². The summed E-state index contributed by atoms with van der Waals surface area (Å²) in [5.74, 6) is -2.42. The lowest BCUT2D eigenvalue weighted by Gasteiger charge is -2.16. The molecule has 0 spiro atoms. The monoisotopic (exact) mass is 315 g/mol. The largest absolute Gasteiger partial charge is 0.475 e. The predicted molar refractivity (Wildman–Crippen MR) is 72.7 cm³/mol. The Balaban J connectivity index is 2.13. The number of carboxylic acids is 1. The minimum absolute atomic E-state index is 0.0151. The fourth-order valence-corrected chi connectivity index (χ4v) is 3.45. The second-order valence-corrected chi connectivity index (χ2v) is 7.30. The molecule has 1 atom stereocenters. The Hall–Kier alpha value is -1.83. The van der Waals surface area contributed by atoms with Gasteiger partial charge in [-0.25, -0.2) is 13.2 Å². The smallest absolute Gasteiger partial charge is 0.371 e. The summed E-state index contributed by atoms with van der Waals surface area (Å²) in [6.45, 7) is 1.27. The third-order valence-electron chi connectivity index (χ3n) is 3.61. The maximum atomic E-state index is 12.2. The molecule has 0 aliphatic heterocycles. The van der Waals surface area contributed by atoms with Crippen LogP contribution < -0.4 is 5.32 Å². The molecule has 1 aliphatic carbocycles. The predicted octanol–water partition coefficient (Wildman–Crippen LogP) is 1.20. The molecule has 2 N–H and O–H groups in total. The molecule has 0 aromatic carbocycles. The van der Waals surface area contributed by atoms with Crippen LogP contribution in [-0.2, 0) is 14.6 Å². The molecule has 0 radical (unpaired) electrons. The van der Waals surface area contributed by atoms with Gasteiger partial charge < -0.3 is 14.8 Å². The van der Waals surface area contributed by atoms with E-state index in [-0.39, 0.29) is 6.04 Å². The number of hydrogen-bond acceptors (Lipinski definition) is 5. The van der Waals surface area contributed by atoms with E-state index in [0.717, 1.165) is 37.8 Å². The molecule has 21 heavy (non-hydrogen) atoms. The van der Waals surface area contributed by atoms with Crippen LogP contribution >= 0.6 is 0 Å². The first kappa shape index (κ1) is 15.6. The van der Waals surface area contributed by atoms with Gasteiger partial charge in [0.2, 0.25) is 26.6 Å². The Bertz CT molecular complexity index is 641. The van der Waals surface area contributed by atoms with Gasteiger partial charge in [0.05, 0.1) is 0 Å². The number of nitrogens with one attached hydrogen (secondary N) is 1. The topological polar surface area (TPSA) is 114 Å². The van der Waals surface area contributed by atoms with Crippen molar-refractivity contribution >= 4 is 21.7 Å². The summed E-state index contributed by atoms with van der Waals surface area (Å²) < 4.78 is 29.3. The molecule has 7 nitrogen and oxygen atoms in total. The molecule has 1 aliphatic rings. The van der Waals surface area contributed by atoms with Crippen molar-refractivity contribution in [2.75, 3.05) is 0 Å². The Kier molecular flexibility index (Phi) is 4.36. The highest BCUT2D eigenvalue weighted by Gasteiger charge is 2.34. The molecule has 8 heteroatoms. The van der Waals surface area contributed by atoms with E-state index >= 15 is 0 Å². The van der Waals surface area contributed by atoms with Crippen molar-refractivity contribution in [1.29, 1.82) is 0 Å². The van der Waals surface area contributed by atoms with Crippen molar-refractivity contribution in [3.05, 3.63) is 17.9 Å². The number of carboxylic acid groups (broad SMARTS) is 1. The highest BCUT2D eigenvalue weighted by Crippen LogP contribution is 2.21. The first-order valence-electron chi connectivity index (χ1n) is 6.70. The molecule has 1 amide bonds. The SMILES string of the molecule is CC(C(=O)NC1CCCC1)S(=O)(=O)c1ccc(C(=O)O)o1. The first-order chi connectivity index (χ1) is 9.82. The summed E-state index contributed by atoms with van der Waals surface area (Å²) in [6.07, 6.45) is 3.74. The van der Waals surface area contributed by atoms with Crippen molar-refractivity contribution < 1.29 is 27.5 Å². The average molecular weight is 315 g/mol. The number of rotatable bonds is 5. The summed E-state index contributed by atoms with van der Waals surface area (Å²) in [5, 5.41) is 9.61. The summed E-state index contributed by atoms with van der Waals surface area (Å²) in [4.78, 5) is 22.7. The summed E-state index contributed by atoms with van der Waals surface area (Å²) in [5.41, 5.74) is 0. The number of hydrogen-bond donors (Lipinski definition) is 2. The van der Waals surface area contributed by atoms with Gasteiger partial charge >= 0.3 is 5.97 Å². The van der Waals surface area contributed by atoms with Crippen LogP contribution in [0.5, 0.6) is 0 Å². The average Bonchev–Trinajstić information content (AvgIpc) is 3.08. The highest BCUT2D eigenvalue weighted by atomic mass is 32.2. The van der Waals surface area contributed by atoms with E-state index in [1.165, 1.54) is 6.92 Å². The minimum Gasteiger partial charge on any atom is -0.475 e. The van der Waals surface area contributed by atoms with Gasteiger partial charge in [-0.2, -0.15) is 0 Å².